The Balaban J connectivity index is 1.68. The molecule has 5 nitrogen and oxygen atoms in total. The van der Waals surface area contributed by atoms with E-state index in [9.17, 15) is 18.0 Å². The minimum absolute atomic E-state index is 0.0280. The fourth-order valence-electron chi connectivity index (χ4n) is 2.18. The lowest BCUT2D eigenvalue weighted by atomic mass is 10.2. The minimum atomic E-state index is -4.54. The molecule has 0 fully saturated rings. The molecular weight excluding hydrogens is 448 g/mol. The second kappa shape index (κ2) is 8.98. The maximum Gasteiger partial charge on any atom is 0.417 e. The van der Waals surface area contributed by atoms with E-state index in [4.69, 9.17) is 23.2 Å². The Morgan fingerprint density at radius 3 is 2.48 bits per heavy atom. The Morgan fingerprint density at radius 2 is 1.83 bits per heavy atom. The first kappa shape index (κ1) is 21.4. The highest BCUT2D eigenvalue weighted by Gasteiger charge is 2.31. The molecule has 3 aromatic rings. The van der Waals surface area contributed by atoms with Gasteiger partial charge in [-0.25, -0.2) is 9.97 Å². The minimum Gasteiger partial charge on any atom is -0.325 e. The van der Waals surface area contributed by atoms with Crippen LogP contribution in [0, 0.1) is 0 Å². The molecule has 1 aromatic carbocycles. The van der Waals surface area contributed by atoms with Gasteiger partial charge in [-0.2, -0.15) is 13.2 Å². The number of rotatable bonds is 5. The summed E-state index contributed by atoms with van der Waals surface area (Å²) in [5.41, 5.74) is -0.0157. The van der Waals surface area contributed by atoms with Gasteiger partial charge in [0.15, 0.2) is 5.16 Å². The summed E-state index contributed by atoms with van der Waals surface area (Å²) in [6.07, 6.45) is -2.44. The van der Waals surface area contributed by atoms with Gasteiger partial charge in [-0.15, -0.1) is 0 Å². The maximum atomic E-state index is 12.7. The first-order chi connectivity index (χ1) is 13.7. The van der Waals surface area contributed by atoms with Gasteiger partial charge in [0.05, 0.1) is 22.0 Å². The third-order valence-corrected chi connectivity index (χ3v) is 4.91. The molecule has 0 saturated carbocycles. The average Bonchev–Trinajstić information content (AvgIpc) is 2.67. The van der Waals surface area contributed by atoms with E-state index >= 15 is 0 Å². The van der Waals surface area contributed by atoms with Crippen molar-refractivity contribution in [3.05, 3.63) is 64.4 Å². The van der Waals surface area contributed by atoms with Crippen molar-refractivity contribution >= 4 is 46.6 Å². The predicted molar refractivity (Wildman–Crippen MR) is 106 cm³/mol. The van der Waals surface area contributed by atoms with Crippen molar-refractivity contribution in [1.29, 1.82) is 0 Å². The number of benzene rings is 1. The maximum absolute atomic E-state index is 12.7. The number of amides is 1. The van der Waals surface area contributed by atoms with Crippen LogP contribution in [0.15, 0.2) is 53.9 Å². The van der Waals surface area contributed by atoms with Crippen molar-refractivity contribution in [3.63, 3.8) is 0 Å². The summed E-state index contributed by atoms with van der Waals surface area (Å²) in [5.74, 6) is -0.253. The molecule has 2 aromatic heterocycles. The van der Waals surface area contributed by atoms with Gasteiger partial charge in [-0.1, -0.05) is 35.0 Å². The van der Waals surface area contributed by atoms with Crippen molar-refractivity contribution in [2.24, 2.45) is 0 Å². The van der Waals surface area contributed by atoms with E-state index in [1.807, 2.05) is 0 Å². The second-order valence-corrected chi connectivity index (χ2v) is 7.41. The van der Waals surface area contributed by atoms with Gasteiger partial charge in [0.1, 0.15) is 5.69 Å². The zero-order chi connectivity index (χ0) is 21.0. The highest BCUT2D eigenvalue weighted by Crippen LogP contribution is 2.33. The molecule has 0 atom stereocenters. The van der Waals surface area contributed by atoms with E-state index < -0.39 is 11.7 Å². The highest BCUT2D eigenvalue weighted by molar-refractivity contribution is 7.99. The number of thioether (sulfide) groups is 1. The Hall–Kier alpha value is -2.36. The SMILES string of the molecule is O=C(CSc1nccc(-c2ncc(C(F)(F)F)cc2Cl)n1)Nc1ccc(Cl)cc1. The van der Waals surface area contributed by atoms with Gasteiger partial charge in [-0.05, 0) is 36.4 Å². The number of hydrogen-bond acceptors (Lipinski definition) is 5. The first-order valence-corrected chi connectivity index (χ1v) is 9.71. The molecule has 2 heterocycles. The topological polar surface area (TPSA) is 67.8 Å². The lowest BCUT2D eigenvalue weighted by Crippen LogP contribution is -2.14. The number of hydrogen-bond donors (Lipinski definition) is 1. The summed E-state index contributed by atoms with van der Waals surface area (Å²) in [7, 11) is 0. The van der Waals surface area contributed by atoms with Gasteiger partial charge in [0, 0.05) is 23.1 Å². The van der Waals surface area contributed by atoms with E-state index in [1.54, 1.807) is 24.3 Å². The van der Waals surface area contributed by atoms with Crippen LogP contribution in [-0.2, 0) is 11.0 Å². The van der Waals surface area contributed by atoms with Gasteiger partial charge < -0.3 is 5.32 Å². The van der Waals surface area contributed by atoms with Crippen molar-refractivity contribution in [2.45, 2.75) is 11.3 Å². The summed E-state index contributed by atoms with van der Waals surface area (Å²) in [6, 6.07) is 8.90. The largest absolute Gasteiger partial charge is 0.417 e. The number of aromatic nitrogens is 3. The number of halogens is 5. The number of anilines is 1. The molecule has 150 valence electrons. The third-order valence-electron chi connectivity index (χ3n) is 3.50. The third kappa shape index (κ3) is 5.81. The quantitative estimate of drug-likeness (QED) is 0.398. The number of alkyl halides is 3. The van der Waals surface area contributed by atoms with Crippen LogP contribution in [0.5, 0.6) is 0 Å². The van der Waals surface area contributed by atoms with E-state index in [0.717, 1.165) is 17.8 Å². The number of carbonyl (C=O) groups excluding carboxylic acids is 1. The van der Waals surface area contributed by atoms with Crippen LogP contribution in [0.1, 0.15) is 5.56 Å². The smallest absolute Gasteiger partial charge is 0.325 e. The summed E-state index contributed by atoms with van der Waals surface area (Å²) in [5, 5.41) is 3.33. The Morgan fingerprint density at radius 1 is 1.10 bits per heavy atom. The van der Waals surface area contributed by atoms with Crippen LogP contribution in [0.3, 0.4) is 0 Å². The lowest BCUT2D eigenvalue weighted by molar-refractivity contribution is -0.137. The molecule has 1 N–H and O–H groups in total. The Labute approximate surface area is 177 Å². The van der Waals surface area contributed by atoms with Crippen LogP contribution in [0.2, 0.25) is 10.0 Å². The molecule has 0 aliphatic heterocycles. The van der Waals surface area contributed by atoms with Crippen LogP contribution >= 0.6 is 35.0 Å². The molecule has 29 heavy (non-hydrogen) atoms. The van der Waals surface area contributed by atoms with E-state index in [0.29, 0.717) is 16.9 Å². The molecule has 3 rings (SSSR count). The number of nitrogens with one attached hydrogen (secondary N) is 1. The second-order valence-electron chi connectivity index (χ2n) is 5.62. The monoisotopic (exact) mass is 458 g/mol. The average molecular weight is 459 g/mol. The zero-order valence-corrected chi connectivity index (χ0v) is 16.7. The lowest BCUT2D eigenvalue weighted by Gasteiger charge is -2.09. The van der Waals surface area contributed by atoms with E-state index in [2.05, 4.69) is 20.3 Å². The molecule has 0 bridgehead atoms. The molecule has 0 saturated heterocycles. The van der Waals surface area contributed by atoms with Gasteiger partial charge in [0.25, 0.3) is 0 Å². The zero-order valence-electron chi connectivity index (χ0n) is 14.4. The molecule has 0 unspecified atom stereocenters. The first-order valence-electron chi connectivity index (χ1n) is 7.97. The number of carbonyl (C=O) groups is 1. The van der Waals surface area contributed by atoms with Crippen LogP contribution in [-0.4, -0.2) is 26.6 Å². The number of nitrogens with zero attached hydrogens (tertiary/aromatic N) is 3. The Kier molecular flexibility index (Phi) is 6.61. The van der Waals surface area contributed by atoms with E-state index in [-0.39, 0.29) is 33.2 Å². The van der Waals surface area contributed by atoms with Crippen LogP contribution in [0.4, 0.5) is 18.9 Å². The summed E-state index contributed by atoms with van der Waals surface area (Å²) < 4.78 is 38.2. The molecule has 0 spiro atoms. The fraction of sp³-hybridized carbons (Fsp3) is 0.111. The summed E-state index contributed by atoms with van der Waals surface area (Å²) >= 11 is 12.8. The van der Waals surface area contributed by atoms with Crippen molar-refractivity contribution < 1.29 is 18.0 Å². The molecular formula is C18H11Cl2F3N4OS. The van der Waals surface area contributed by atoms with Gasteiger partial charge in [0.2, 0.25) is 5.91 Å². The molecule has 11 heteroatoms. The predicted octanol–water partition coefficient (Wildman–Crippen LogP) is 5.60. The van der Waals surface area contributed by atoms with E-state index in [1.165, 1.54) is 12.3 Å². The van der Waals surface area contributed by atoms with Crippen molar-refractivity contribution in [3.8, 4) is 11.4 Å². The molecule has 0 aliphatic rings. The van der Waals surface area contributed by atoms with Crippen molar-refractivity contribution in [2.75, 3.05) is 11.1 Å². The molecule has 1 amide bonds. The molecule has 0 aliphatic carbocycles. The normalized spacial score (nSPS) is 11.3. The van der Waals surface area contributed by atoms with Crippen molar-refractivity contribution in [1.82, 2.24) is 15.0 Å². The van der Waals surface area contributed by atoms with Crippen LogP contribution in [0.25, 0.3) is 11.4 Å². The van der Waals surface area contributed by atoms with Crippen LogP contribution < -0.4 is 5.32 Å². The Bertz CT molecular complexity index is 1030. The molecule has 0 radical (unpaired) electrons. The van der Waals surface area contributed by atoms with Gasteiger partial charge in [-0.3, -0.25) is 9.78 Å². The number of pyridine rings is 1. The standard InChI is InChI=1S/C18H11Cl2F3N4OS/c19-11-1-3-12(4-2-11)26-15(28)9-29-17-24-6-5-14(27-17)16-13(20)7-10(8-25-16)18(21,22)23/h1-8H,9H2,(H,26,28). The fourth-order valence-corrected chi connectivity index (χ4v) is 3.20. The summed E-state index contributed by atoms with van der Waals surface area (Å²) in [4.78, 5) is 24.1. The summed E-state index contributed by atoms with van der Waals surface area (Å²) in [6.45, 7) is 0. The highest BCUT2D eigenvalue weighted by atomic mass is 35.5. The van der Waals surface area contributed by atoms with Gasteiger partial charge >= 0.3 is 6.18 Å².